The summed E-state index contributed by atoms with van der Waals surface area (Å²) in [5.74, 6) is -8.09. The van der Waals surface area contributed by atoms with E-state index in [2.05, 4.69) is 5.32 Å². The molecule has 0 aliphatic carbocycles. The molecule has 1 N–H and O–H groups in total. The largest absolute Gasteiger partial charge is 0.452 e. The van der Waals surface area contributed by atoms with Crippen LogP contribution in [0.2, 0.25) is 0 Å². The number of halogens is 4. The van der Waals surface area contributed by atoms with Crippen LogP contribution in [0.3, 0.4) is 0 Å². The molecule has 12 heteroatoms. The van der Waals surface area contributed by atoms with Gasteiger partial charge in [0, 0.05) is 4.90 Å². The first-order chi connectivity index (χ1) is 13.6. The molecule has 29 heavy (non-hydrogen) atoms. The van der Waals surface area contributed by atoms with Crippen LogP contribution in [-0.2, 0) is 19.4 Å². The highest BCUT2D eigenvalue weighted by Crippen LogP contribution is 2.31. The maximum atomic E-state index is 12.5. The molecule has 156 valence electrons. The molecule has 0 aliphatic rings. The number of esters is 1. The quantitative estimate of drug-likeness (QED) is 0.373. The topological polar surface area (TPSA) is 89.5 Å². The van der Waals surface area contributed by atoms with Crippen molar-refractivity contribution in [2.45, 2.75) is 21.3 Å². The molecule has 0 bridgehead atoms. The number of carbonyl (C=O) groups excluding carboxylic acids is 2. The lowest BCUT2D eigenvalue weighted by molar-refractivity contribution is -0.119. The summed E-state index contributed by atoms with van der Waals surface area (Å²) in [6.07, 6.45) is 0. The smallest absolute Gasteiger partial charge is 0.341 e. The Balaban J connectivity index is 1.97. The zero-order valence-electron chi connectivity index (χ0n) is 14.4. The van der Waals surface area contributed by atoms with E-state index in [-0.39, 0.29) is 27.9 Å². The normalized spacial score (nSPS) is 11.5. The van der Waals surface area contributed by atoms with Crippen molar-refractivity contribution in [3.8, 4) is 0 Å². The molecule has 0 heterocycles. The minimum absolute atomic E-state index is 0.111. The van der Waals surface area contributed by atoms with Crippen molar-refractivity contribution in [1.29, 1.82) is 0 Å². The molecule has 0 fully saturated rings. The number of thioether (sulfide) groups is 1. The van der Waals surface area contributed by atoms with E-state index < -0.39 is 44.7 Å². The predicted octanol–water partition coefficient (Wildman–Crippen LogP) is 3.79. The highest BCUT2D eigenvalue weighted by Gasteiger charge is 2.26. The van der Waals surface area contributed by atoms with Crippen LogP contribution in [0.15, 0.2) is 58.3 Å². The lowest BCUT2D eigenvalue weighted by atomic mass is 10.2. The van der Waals surface area contributed by atoms with E-state index in [0.717, 1.165) is 24.3 Å². The monoisotopic (exact) mass is 451 g/mol. The Morgan fingerprint density at radius 1 is 1.00 bits per heavy atom. The zero-order valence-corrected chi connectivity index (χ0v) is 16.0. The van der Waals surface area contributed by atoms with Gasteiger partial charge in [0.25, 0.3) is 11.7 Å². The van der Waals surface area contributed by atoms with E-state index in [9.17, 15) is 35.6 Å². The Morgan fingerprint density at radius 3 is 2.21 bits per heavy atom. The van der Waals surface area contributed by atoms with Crippen molar-refractivity contribution < 1.29 is 40.3 Å². The van der Waals surface area contributed by atoms with Gasteiger partial charge in [0.2, 0.25) is 9.84 Å². The third-order valence-electron chi connectivity index (χ3n) is 3.36. The summed E-state index contributed by atoms with van der Waals surface area (Å²) in [4.78, 5) is 23.3. The lowest BCUT2D eigenvalue weighted by Crippen LogP contribution is -2.21. The van der Waals surface area contributed by atoms with Gasteiger partial charge in [-0.2, -0.15) is 17.6 Å². The van der Waals surface area contributed by atoms with Gasteiger partial charge in [-0.1, -0.05) is 23.9 Å². The summed E-state index contributed by atoms with van der Waals surface area (Å²) in [6, 6.07) is 9.37. The number of sulfone groups is 1. The van der Waals surface area contributed by atoms with Gasteiger partial charge >= 0.3 is 11.7 Å². The van der Waals surface area contributed by atoms with Crippen LogP contribution in [-0.4, -0.2) is 38.4 Å². The molecule has 2 aromatic carbocycles. The zero-order chi connectivity index (χ0) is 21.6. The second kappa shape index (κ2) is 9.74. The highest BCUT2D eigenvalue weighted by molar-refractivity contribution is 7.99. The van der Waals surface area contributed by atoms with Crippen molar-refractivity contribution in [2.75, 3.05) is 11.9 Å². The minimum Gasteiger partial charge on any atom is -0.452 e. The van der Waals surface area contributed by atoms with E-state index in [1.54, 1.807) is 0 Å². The van der Waals surface area contributed by atoms with Crippen LogP contribution in [0.25, 0.3) is 0 Å². The van der Waals surface area contributed by atoms with Crippen molar-refractivity contribution >= 4 is 39.2 Å². The van der Waals surface area contributed by atoms with E-state index >= 15 is 0 Å². The molecule has 0 aromatic heterocycles. The summed E-state index contributed by atoms with van der Waals surface area (Å²) in [5.41, 5.74) is -0.0555. The van der Waals surface area contributed by atoms with Gasteiger partial charge < -0.3 is 10.1 Å². The molecular formula is C17H13F4NO5S2. The number of ether oxygens (including phenoxy) is 1. The van der Waals surface area contributed by atoms with Gasteiger partial charge in [0.05, 0.1) is 16.1 Å². The number of hydrogen-bond donors (Lipinski definition) is 1. The van der Waals surface area contributed by atoms with Crippen molar-refractivity contribution in [3.63, 3.8) is 0 Å². The summed E-state index contributed by atoms with van der Waals surface area (Å²) in [6.45, 7) is -0.746. The van der Waals surface area contributed by atoms with Crippen LogP contribution < -0.4 is 5.32 Å². The van der Waals surface area contributed by atoms with Gasteiger partial charge in [-0.15, -0.1) is 0 Å². The molecule has 2 rings (SSSR count). The molecule has 0 saturated carbocycles. The number of para-hydroxylation sites is 1. The number of benzene rings is 2. The fraction of sp³-hybridized carbons (Fsp3) is 0.176. The minimum atomic E-state index is -4.80. The fourth-order valence-electron chi connectivity index (χ4n) is 2.05. The van der Waals surface area contributed by atoms with Crippen LogP contribution in [0.1, 0.15) is 10.4 Å². The SMILES string of the molecule is O=C(COC(=O)c1ccc(S(=O)(=O)C(F)F)cc1)Nc1ccccc1SC(F)F. The van der Waals surface area contributed by atoms with Gasteiger partial charge in [-0.05, 0) is 36.4 Å². The average Bonchev–Trinajstić information content (AvgIpc) is 2.67. The van der Waals surface area contributed by atoms with E-state index in [1.165, 1.54) is 24.3 Å². The van der Waals surface area contributed by atoms with Gasteiger partial charge in [0.15, 0.2) is 6.61 Å². The van der Waals surface area contributed by atoms with Gasteiger partial charge in [-0.25, -0.2) is 13.2 Å². The van der Waals surface area contributed by atoms with Gasteiger partial charge in [0.1, 0.15) is 0 Å². The molecule has 0 atom stereocenters. The second-order valence-corrected chi connectivity index (χ2v) is 8.28. The van der Waals surface area contributed by atoms with Crippen LogP contribution in [0.5, 0.6) is 0 Å². The molecule has 0 saturated heterocycles. The maximum absolute atomic E-state index is 12.5. The highest BCUT2D eigenvalue weighted by atomic mass is 32.2. The average molecular weight is 451 g/mol. The third kappa shape index (κ3) is 6.19. The number of rotatable bonds is 8. The number of anilines is 1. The van der Waals surface area contributed by atoms with Gasteiger partial charge in [-0.3, -0.25) is 4.79 Å². The number of amides is 1. The molecule has 0 unspecified atom stereocenters. The van der Waals surface area contributed by atoms with Crippen molar-refractivity contribution in [3.05, 3.63) is 54.1 Å². The Morgan fingerprint density at radius 2 is 1.62 bits per heavy atom. The van der Waals surface area contributed by atoms with E-state index in [1.807, 2.05) is 0 Å². The summed E-state index contributed by atoms with van der Waals surface area (Å²) >= 11 is 0.235. The summed E-state index contributed by atoms with van der Waals surface area (Å²) < 4.78 is 77.4. The molecule has 0 spiro atoms. The molecule has 2 aromatic rings. The standard InChI is InChI=1S/C17H13F4NO5S2/c18-16(19)28-13-4-2-1-3-12(13)22-14(23)9-27-15(24)10-5-7-11(8-6-10)29(25,26)17(20)21/h1-8,16-17H,9H2,(H,22,23). The van der Waals surface area contributed by atoms with E-state index in [4.69, 9.17) is 4.74 Å². The fourth-order valence-corrected chi connectivity index (χ4v) is 3.37. The maximum Gasteiger partial charge on any atom is 0.341 e. The Bertz CT molecular complexity index is 982. The van der Waals surface area contributed by atoms with Crippen LogP contribution >= 0.6 is 11.8 Å². The number of hydrogen-bond acceptors (Lipinski definition) is 6. The molecule has 6 nitrogen and oxygen atoms in total. The number of alkyl halides is 4. The number of nitrogens with one attached hydrogen (secondary N) is 1. The first-order valence-electron chi connectivity index (χ1n) is 7.74. The van der Waals surface area contributed by atoms with E-state index in [0.29, 0.717) is 0 Å². The molecule has 0 aliphatic heterocycles. The summed E-state index contributed by atoms with van der Waals surface area (Å²) in [7, 11) is -4.80. The lowest BCUT2D eigenvalue weighted by Gasteiger charge is -2.10. The van der Waals surface area contributed by atoms with Crippen molar-refractivity contribution in [2.24, 2.45) is 0 Å². The summed E-state index contributed by atoms with van der Waals surface area (Å²) in [5, 5.41) is 2.33. The second-order valence-electron chi connectivity index (χ2n) is 5.33. The van der Waals surface area contributed by atoms with Crippen LogP contribution in [0, 0.1) is 0 Å². The first kappa shape index (κ1) is 22.7. The Labute approximate surface area is 167 Å². The molecule has 0 radical (unpaired) electrons. The molecule has 1 amide bonds. The third-order valence-corrected chi connectivity index (χ3v) is 5.55. The first-order valence-corrected chi connectivity index (χ1v) is 10.2. The Kier molecular flexibility index (Phi) is 7.62. The van der Waals surface area contributed by atoms with Crippen molar-refractivity contribution in [1.82, 2.24) is 0 Å². The predicted molar refractivity (Wildman–Crippen MR) is 96.8 cm³/mol. The van der Waals surface area contributed by atoms with Crippen LogP contribution in [0.4, 0.5) is 23.2 Å². The number of carbonyl (C=O) groups is 2. The Hall–Kier alpha value is -2.60. The molecular weight excluding hydrogens is 438 g/mol.